The Morgan fingerprint density at radius 2 is 1.85 bits per heavy atom. The fourth-order valence-corrected chi connectivity index (χ4v) is 3.30. The van der Waals surface area contributed by atoms with Crippen LogP contribution >= 0.6 is 0 Å². The van der Waals surface area contributed by atoms with Crippen molar-refractivity contribution in [2.45, 2.75) is 84.6 Å². The molecule has 1 aliphatic rings. The zero-order chi connectivity index (χ0) is 14.6. The molecule has 2 heteroatoms. The van der Waals surface area contributed by atoms with Gasteiger partial charge in [-0.25, -0.2) is 0 Å². The molecule has 1 aliphatic heterocycles. The van der Waals surface area contributed by atoms with Crippen LogP contribution < -0.4 is 5.32 Å². The number of unbranched alkanes of at least 4 members (excludes halogenated alkanes) is 3. The molecule has 0 amide bonds. The fraction of sp³-hybridized carbons (Fsp3) is 1.00. The predicted octanol–water partition coefficient (Wildman–Crippen LogP) is 4.45. The molecule has 120 valence electrons. The first-order chi connectivity index (χ1) is 9.74. The van der Waals surface area contributed by atoms with Crippen LogP contribution in [0.1, 0.15) is 78.6 Å². The summed E-state index contributed by atoms with van der Waals surface area (Å²) in [5.74, 6) is 0.781. The Labute approximate surface area is 127 Å². The highest BCUT2D eigenvalue weighted by Gasteiger charge is 2.18. The standard InChI is InChI=1S/C18H38N2/c1-4-18-12-8-7-11-15-20(18)14-10-6-5-9-13-19-16-17(2)3/h17-19H,4-16H2,1-3H3. The highest BCUT2D eigenvalue weighted by molar-refractivity contribution is 4.74. The van der Waals surface area contributed by atoms with Gasteiger partial charge in [-0.05, 0) is 64.2 Å². The number of likely N-dealkylation sites (tertiary alicyclic amines) is 1. The van der Waals surface area contributed by atoms with E-state index < -0.39 is 0 Å². The molecule has 0 radical (unpaired) electrons. The van der Waals surface area contributed by atoms with Crippen LogP contribution in [0.4, 0.5) is 0 Å². The van der Waals surface area contributed by atoms with E-state index in [4.69, 9.17) is 0 Å². The van der Waals surface area contributed by atoms with Crippen molar-refractivity contribution in [3.8, 4) is 0 Å². The molecule has 2 nitrogen and oxygen atoms in total. The molecule has 0 aliphatic carbocycles. The summed E-state index contributed by atoms with van der Waals surface area (Å²) in [5.41, 5.74) is 0. The Morgan fingerprint density at radius 3 is 2.60 bits per heavy atom. The topological polar surface area (TPSA) is 15.3 Å². The van der Waals surface area contributed by atoms with Crippen molar-refractivity contribution >= 4 is 0 Å². The zero-order valence-electron chi connectivity index (χ0n) is 14.3. The van der Waals surface area contributed by atoms with Crippen molar-refractivity contribution in [1.29, 1.82) is 0 Å². The average molecular weight is 283 g/mol. The maximum Gasteiger partial charge on any atom is 0.00926 e. The Kier molecular flexibility index (Phi) is 10.4. The van der Waals surface area contributed by atoms with Crippen LogP contribution in [0.5, 0.6) is 0 Å². The van der Waals surface area contributed by atoms with E-state index >= 15 is 0 Å². The maximum atomic E-state index is 3.54. The molecule has 1 N–H and O–H groups in total. The molecule has 0 aromatic carbocycles. The summed E-state index contributed by atoms with van der Waals surface area (Å²) in [4.78, 5) is 2.78. The van der Waals surface area contributed by atoms with Gasteiger partial charge in [-0.2, -0.15) is 0 Å². The lowest BCUT2D eigenvalue weighted by Gasteiger charge is -2.29. The van der Waals surface area contributed by atoms with Gasteiger partial charge >= 0.3 is 0 Å². The van der Waals surface area contributed by atoms with Gasteiger partial charge in [0.2, 0.25) is 0 Å². The van der Waals surface area contributed by atoms with Crippen LogP contribution in [0.3, 0.4) is 0 Å². The second kappa shape index (κ2) is 11.6. The number of nitrogens with zero attached hydrogens (tertiary/aromatic N) is 1. The summed E-state index contributed by atoms with van der Waals surface area (Å²) in [5, 5.41) is 3.54. The number of rotatable bonds is 10. The molecule has 1 saturated heterocycles. The van der Waals surface area contributed by atoms with E-state index in [9.17, 15) is 0 Å². The van der Waals surface area contributed by atoms with Crippen molar-refractivity contribution in [3.63, 3.8) is 0 Å². The number of hydrogen-bond donors (Lipinski definition) is 1. The molecular weight excluding hydrogens is 244 g/mol. The summed E-state index contributed by atoms with van der Waals surface area (Å²) >= 11 is 0. The van der Waals surface area contributed by atoms with Gasteiger partial charge in [-0.3, -0.25) is 0 Å². The molecule has 1 rings (SSSR count). The first-order valence-electron chi connectivity index (χ1n) is 9.18. The summed E-state index contributed by atoms with van der Waals surface area (Å²) in [6.45, 7) is 12.0. The van der Waals surface area contributed by atoms with E-state index in [2.05, 4.69) is 31.0 Å². The predicted molar refractivity (Wildman–Crippen MR) is 90.3 cm³/mol. The van der Waals surface area contributed by atoms with Crippen LogP contribution in [-0.2, 0) is 0 Å². The van der Waals surface area contributed by atoms with E-state index in [1.807, 2.05) is 0 Å². The Bertz CT molecular complexity index is 215. The van der Waals surface area contributed by atoms with Crippen LogP contribution in [0.15, 0.2) is 0 Å². The summed E-state index contributed by atoms with van der Waals surface area (Å²) in [7, 11) is 0. The molecule has 1 atom stereocenters. The molecule has 0 aromatic rings. The van der Waals surface area contributed by atoms with Crippen LogP contribution in [0.2, 0.25) is 0 Å². The minimum atomic E-state index is 0.781. The van der Waals surface area contributed by atoms with Crippen LogP contribution in [0.25, 0.3) is 0 Å². The molecule has 1 unspecified atom stereocenters. The van der Waals surface area contributed by atoms with Crippen LogP contribution in [0, 0.1) is 5.92 Å². The second-order valence-electron chi connectivity index (χ2n) is 6.96. The zero-order valence-corrected chi connectivity index (χ0v) is 14.3. The smallest absolute Gasteiger partial charge is 0.00926 e. The first kappa shape index (κ1) is 18.0. The normalized spacial score (nSPS) is 21.3. The highest BCUT2D eigenvalue weighted by Crippen LogP contribution is 2.19. The van der Waals surface area contributed by atoms with Gasteiger partial charge in [0.15, 0.2) is 0 Å². The first-order valence-corrected chi connectivity index (χ1v) is 9.18. The lowest BCUT2D eigenvalue weighted by atomic mass is 10.1. The molecule has 1 fully saturated rings. The lowest BCUT2D eigenvalue weighted by Crippen LogP contribution is -2.35. The molecule has 1 heterocycles. The Hall–Kier alpha value is -0.0800. The van der Waals surface area contributed by atoms with Gasteiger partial charge < -0.3 is 10.2 Å². The number of nitrogens with one attached hydrogen (secondary N) is 1. The molecule has 20 heavy (non-hydrogen) atoms. The third-order valence-corrected chi connectivity index (χ3v) is 4.57. The Morgan fingerprint density at radius 1 is 1.05 bits per heavy atom. The van der Waals surface area contributed by atoms with E-state index in [-0.39, 0.29) is 0 Å². The highest BCUT2D eigenvalue weighted by atomic mass is 15.1. The molecule has 0 aromatic heterocycles. The monoisotopic (exact) mass is 282 g/mol. The lowest BCUT2D eigenvalue weighted by molar-refractivity contribution is 0.190. The van der Waals surface area contributed by atoms with E-state index in [1.165, 1.54) is 84.0 Å². The maximum absolute atomic E-state index is 3.54. The van der Waals surface area contributed by atoms with E-state index in [0.29, 0.717) is 0 Å². The largest absolute Gasteiger partial charge is 0.316 e. The average Bonchev–Trinajstić information content (AvgIpc) is 2.66. The van der Waals surface area contributed by atoms with Crippen LogP contribution in [-0.4, -0.2) is 37.1 Å². The van der Waals surface area contributed by atoms with Gasteiger partial charge in [-0.1, -0.05) is 46.5 Å². The van der Waals surface area contributed by atoms with Crippen molar-refractivity contribution < 1.29 is 0 Å². The second-order valence-corrected chi connectivity index (χ2v) is 6.96. The molecule has 0 saturated carbocycles. The third-order valence-electron chi connectivity index (χ3n) is 4.57. The van der Waals surface area contributed by atoms with Gasteiger partial charge in [0.1, 0.15) is 0 Å². The summed E-state index contributed by atoms with van der Waals surface area (Å²) in [6, 6.07) is 0.880. The molecule has 0 bridgehead atoms. The summed E-state index contributed by atoms with van der Waals surface area (Å²) in [6.07, 6.45) is 12.7. The quantitative estimate of drug-likeness (QED) is 0.596. The van der Waals surface area contributed by atoms with Gasteiger partial charge in [0, 0.05) is 6.04 Å². The van der Waals surface area contributed by atoms with Crippen molar-refractivity contribution in [1.82, 2.24) is 10.2 Å². The minimum Gasteiger partial charge on any atom is -0.316 e. The summed E-state index contributed by atoms with van der Waals surface area (Å²) < 4.78 is 0. The number of hydrogen-bond acceptors (Lipinski definition) is 2. The SMILES string of the molecule is CCC1CCCCCN1CCCCCCNCC(C)C. The minimum absolute atomic E-state index is 0.781. The van der Waals surface area contributed by atoms with Gasteiger partial charge in [-0.15, -0.1) is 0 Å². The third kappa shape index (κ3) is 8.26. The molecule has 0 spiro atoms. The van der Waals surface area contributed by atoms with E-state index in [0.717, 1.165) is 12.0 Å². The fourth-order valence-electron chi connectivity index (χ4n) is 3.30. The van der Waals surface area contributed by atoms with Crippen molar-refractivity contribution in [2.24, 2.45) is 5.92 Å². The van der Waals surface area contributed by atoms with Crippen molar-refractivity contribution in [3.05, 3.63) is 0 Å². The Balaban J connectivity index is 1.99. The van der Waals surface area contributed by atoms with Gasteiger partial charge in [0.25, 0.3) is 0 Å². The molecular formula is C18H38N2. The van der Waals surface area contributed by atoms with E-state index in [1.54, 1.807) is 0 Å². The van der Waals surface area contributed by atoms with Crippen molar-refractivity contribution in [2.75, 3.05) is 26.2 Å². The van der Waals surface area contributed by atoms with Gasteiger partial charge in [0.05, 0.1) is 0 Å².